The summed E-state index contributed by atoms with van der Waals surface area (Å²) in [6.07, 6.45) is 37.3. The fourth-order valence-corrected chi connectivity index (χ4v) is 5.98. The minimum absolute atomic E-state index is 0.108. The number of aliphatic hydroxyl groups is 1. The zero-order valence-electron chi connectivity index (χ0n) is 30.6. The van der Waals surface area contributed by atoms with Gasteiger partial charge in [-0.15, -0.1) is 0 Å². The number of unbranched alkanes of at least 4 members (excludes halogenated alkanes) is 26. The van der Waals surface area contributed by atoms with Gasteiger partial charge in [0.2, 0.25) is 0 Å². The summed E-state index contributed by atoms with van der Waals surface area (Å²) in [5.74, 6) is 0.291. The van der Waals surface area contributed by atoms with Crippen LogP contribution in [0.5, 0.6) is 0 Å². The normalized spacial score (nSPS) is 12.1. The molecule has 0 bridgehead atoms. The maximum absolute atomic E-state index is 12.0. The van der Waals surface area contributed by atoms with E-state index in [1.54, 1.807) is 0 Å². The van der Waals surface area contributed by atoms with E-state index in [0.717, 1.165) is 31.6 Å². The zero-order chi connectivity index (χ0) is 33.1. The van der Waals surface area contributed by atoms with Gasteiger partial charge in [0, 0.05) is 12.8 Å². The number of hydrogen-bond donors (Lipinski definition) is 1. The Morgan fingerprint density at radius 1 is 0.444 bits per heavy atom. The highest BCUT2D eigenvalue weighted by molar-refractivity contribution is 5.69. The van der Waals surface area contributed by atoms with Gasteiger partial charge >= 0.3 is 11.9 Å². The fraction of sp³-hybridized carbons (Fsp3) is 0.950. The number of hydrogen-bond acceptors (Lipinski definition) is 5. The fourth-order valence-electron chi connectivity index (χ4n) is 5.98. The molecule has 0 radical (unpaired) electrons. The second-order valence-corrected chi connectivity index (χ2v) is 14.2. The predicted octanol–water partition coefficient (Wildman–Crippen LogP) is 12.2. The summed E-state index contributed by atoms with van der Waals surface area (Å²) < 4.78 is 10.3. The maximum Gasteiger partial charge on any atom is 0.305 e. The van der Waals surface area contributed by atoms with Crippen molar-refractivity contribution in [3.05, 3.63) is 0 Å². The van der Waals surface area contributed by atoms with Crippen molar-refractivity contribution in [2.75, 3.05) is 13.2 Å². The lowest BCUT2D eigenvalue weighted by atomic mass is 10.0. The number of aliphatic hydroxyl groups excluding tert-OH is 1. The molecule has 5 heteroatoms. The molecule has 1 atom stereocenters. The second kappa shape index (κ2) is 35.7. The third-order valence-electron chi connectivity index (χ3n) is 9.02. The van der Waals surface area contributed by atoms with Gasteiger partial charge in [0.1, 0.15) is 19.3 Å². The van der Waals surface area contributed by atoms with Crippen LogP contribution in [0.3, 0.4) is 0 Å². The molecule has 0 aliphatic carbocycles. The molecule has 0 rings (SSSR count). The molecule has 0 saturated carbocycles. The molecule has 0 aromatic carbocycles. The molecule has 0 fully saturated rings. The molecule has 0 saturated heterocycles. The van der Waals surface area contributed by atoms with Crippen LogP contribution in [-0.2, 0) is 19.1 Å². The van der Waals surface area contributed by atoms with Crippen molar-refractivity contribution in [1.82, 2.24) is 0 Å². The summed E-state index contributed by atoms with van der Waals surface area (Å²) in [4.78, 5) is 23.9. The van der Waals surface area contributed by atoms with Crippen molar-refractivity contribution in [3.63, 3.8) is 0 Å². The van der Waals surface area contributed by atoms with Crippen molar-refractivity contribution < 1.29 is 24.2 Å². The number of ether oxygens (including phenoxy) is 2. The summed E-state index contributed by atoms with van der Waals surface area (Å²) in [5, 5.41) is 10.0. The van der Waals surface area contributed by atoms with Gasteiger partial charge in [0.15, 0.2) is 0 Å². The van der Waals surface area contributed by atoms with Crippen LogP contribution < -0.4 is 0 Å². The van der Waals surface area contributed by atoms with Gasteiger partial charge in [0.05, 0.1) is 0 Å². The van der Waals surface area contributed by atoms with E-state index in [-0.39, 0.29) is 25.2 Å². The zero-order valence-corrected chi connectivity index (χ0v) is 30.6. The van der Waals surface area contributed by atoms with Gasteiger partial charge in [-0.05, 0) is 18.8 Å². The molecule has 0 aliphatic rings. The van der Waals surface area contributed by atoms with Crippen LogP contribution in [0.4, 0.5) is 0 Å². The Morgan fingerprint density at radius 2 is 0.711 bits per heavy atom. The first-order chi connectivity index (χ1) is 22.0. The van der Waals surface area contributed by atoms with Crippen LogP contribution in [0.15, 0.2) is 0 Å². The number of carbonyl (C=O) groups is 2. The lowest BCUT2D eigenvalue weighted by molar-refractivity contribution is -0.152. The summed E-state index contributed by atoms with van der Waals surface area (Å²) >= 11 is 0. The van der Waals surface area contributed by atoms with Crippen LogP contribution in [0.2, 0.25) is 0 Å². The molecule has 0 unspecified atom stereocenters. The maximum atomic E-state index is 12.0. The summed E-state index contributed by atoms with van der Waals surface area (Å²) in [5.41, 5.74) is 0. The van der Waals surface area contributed by atoms with E-state index in [1.165, 1.54) is 161 Å². The van der Waals surface area contributed by atoms with E-state index in [2.05, 4.69) is 20.8 Å². The molecule has 0 aromatic rings. The molecule has 0 heterocycles. The van der Waals surface area contributed by atoms with Crippen LogP contribution in [0.1, 0.15) is 220 Å². The first-order valence-electron chi connectivity index (χ1n) is 19.9. The van der Waals surface area contributed by atoms with Crippen molar-refractivity contribution in [3.8, 4) is 0 Å². The SMILES string of the molecule is CCCCCCCCCCCCCCCCCCC(=O)OC[C@@H](O)COC(=O)CCCCCCCCCCCCCCC(C)C. The molecule has 0 aliphatic heterocycles. The van der Waals surface area contributed by atoms with Crippen LogP contribution >= 0.6 is 0 Å². The number of carbonyl (C=O) groups excluding carboxylic acids is 2. The van der Waals surface area contributed by atoms with Crippen molar-refractivity contribution >= 4 is 11.9 Å². The standard InChI is InChI=1S/C40H78O5/c1-4-5-6-7-8-9-10-11-12-13-14-18-21-24-27-30-33-39(42)44-35-38(41)36-45-40(43)34-31-28-25-22-19-16-15-17-20-23-26-29-32-37(2)3/h37-38,41H,4-36H2,1-3H3/t38-/m1/s1. The second-order valence-electron chi connectivity index (χ2n) is 14.2. The third-order valence-corrected chi connectivity index (χ3v) is 9.02. The molecule has 0 spiro atoms. The highest BCUT2D eigenvalue weighted by Gasteiger charge is 2.12. The molecule has 0 aromatic heterocycles. The Kier molecular flexibility index (Phi) is 34.9. The van der Waals surface area contributed by atoms with E-state index in [9.17, 15) is 14.7 Å². The molecule has 268 valence electrons. The summed E-state index contributed by atoms with van der Waals surface area (Å²) in [6, 6.07) is 0. The van der Waals surface area contributed by atoms with Crippen LogP contribution in [-0.4, -0.2) is 36.4 Å². The van der Waals surface area contributed by atoms with Crippen LogP contribution in [0.25, 0.3) is 0 Å². The molecular formula is C40H78O5. The Morgan fingerprint density at radius 3 is 1.00 bits per heavy atom. The van der Waals surface area contributed by atoms with Gasteiger partial charge < -0.3 is 14.6 Å². The average molecular weight is 639 g/mol. The van der Waals surface area contributed by atoms with Gasteiger partial charge in [-0.3, -0.25) is 9.59 Å². The van der Waals surface area contributed by atoms with E-state index in [4.69, 9.17) is 9.47 Å². The summed E-state index contributed by atoms with van der Waals surface area (Å²) in [7, 11) is 0. The third kappa shape index (κ3) is 37.2. The average Bonchev–Trinajstić information content (AvgIpc) is 3.02. The Hall–Kier alpha value is -1.10. The lowest BCUT2D eigenvalue weighted by Crippen LogP contribution is -2.25. The highest BCUT2D eigenvalue weighted by Crippen LogP contribution is 2.16. The van der Waals surface area contributed by atoms with Gasteiger partial charge in [-0.25, -0.2) is 0 Å². The van der Waals surface area contributed by atoms with Crippen molar-refractivity contribution in [1.29, 1.82) is 0 Å². The predicted molar refractivity (Wildman–Crippen MR) is 192 cm³/mol. The molecule has 0 amide bonds. The molecular weight excluding hydrogens is 560 g/mol. The van der Waals surface area contributed by atoms with Gasteiger partial charge in [-0.1, -0.05) is 194 Å². The van der Waals surface area contributed by atoms with E-state index in [1.807, 2.05) is 0 Å². The smallest absolute Gasteiger partial charge is 0.305 e. The minimum Gasteiger partial charge on any atom is -0.463 e. The quantitative estimate of drug-likeness (QED) is 0.0546. The van der Waals surface area contributed by atoms with E-state index in [0.29, 0.717) is 12.8 Å². The van der Waals surface area contributed by atoms with Gasteiger partial charge in [0.25, 0.3) is 0 Å². The molecule has 1 N–H and O–H groups in total. The van der Waals surface area contributed by atoms with E-state index >= 15 is 0 Å². The largest absolute Gasteiger partial charge is 0.463 e. The topological polar surface area (TPSA) is 72.8 Å². The van der Waals surface area contributed by atoms with Crippen LogP contribution in [0, 0.1) is 5.92 Å². The summed E-state index contributed by atoms with van der Waals surface area (Å²) in [6.45, 7) is 6.67. The number of rotatable bonds is 36. The Bertz CT molecular complexity index is 620. The molecule has 45 heavy (non-hydrogen) atoms. The highest BCUT2D eigenvalue weighted by atomic mass is 16.6. The minimum atomic E-state index is -0.955. The van der Waals surface area contributed by atoms with Crippen molar-refractivity contribution in [2.24, 2.45) is 5.92 Å². The monoisotopic (exact) mass is 639 g/mol. The number of esters is 2. The molecule has 5 nitrogen and oxygen atoms in total. The van der Waals surface area contributed by atoms with Crippen molar-refractivity contribution in [2.45, 2.75) is 226 Å². The first-order valence-corrected chi connectivity index (χ1v) is 19.9. The Labute approximate surface area is 280 Å². The lowest BCUT2D eigenvalue weighted by Gasteiger charge is -2.12. The van der Waals surface area contributed by atoms with Gasteiger partial charge in [-0.2, -0.15) is 0 Å². The first kappa shape index (κ1) is 43.9. The van der Waals surface area contributed by atoms with E-state index < -0.39 is 6.10 Å². The Balaban J connectivity index is 3.38.